The van der Waals surface area contributed by atoms with Crippen molar-refractivity contribution in [2.45, 2.75) is 31.0 Å². The molecule has 30 heavy (non-hydrogen) atoms. The van der Waals surface area contributed by atoms with E-state index in [1.807, 2.05) is 29.2 Å². The van der Waals surface area contributed by atoms with Crippen LogP contribution in [0.15, 0.2) is 52.7 Å². The van der Waals surface area contributed by atoms with Gasteiger partial charge in [0.15, 0.2) is 0 Å². The van der Waals surface area contributed by atoms with Gasteiger partial charge in [-0.3, -0.25) is 4.90 Å². The summed E-state index contributed by atoms with van der Waals surface area (Å²) in [6.07, 6.45) is -5.21. The fourth-order valence-corrected chi connectivity index (χ4v) is 3.93. The minimum atomic E-state index is -4.78. The fraction of sp³-hybridized carbons (Fsp3) is 0.400. The normalized spacial score (nSPS) is 24.6. The van der Waals surface area contributed by atoms with Crippen LogP contribution in [0.5, 0.6) is 5.75 Å². The number of ether oxygens (including phenoxy) is 1. The number of rotatable bonds is 4. The van der Waals surface area contributed by atoms with Crippen molar-refractivity contribution in [2.24, 2.45) is 10.2 Å². The van der Waals surface area contributed by atoms with Gasteiger partial charge in [-0.05, 0) is 24.6 Å². The average molecular weight is 423 g/mol. The topological polar surface area (TPSA) is 75.2 Å². The van der Waals surface area contributed by atoms with Crippen LogP contribution < -0.4 is 15.8 Å². The van der Waals surface area contributed by atoms with Crippen molar-refractivity contribution >= 4 is 17.1 Å². The lowest BCUT2D eigenvalue weighted by atomic mass is 9.94. The lowest BCUT2D eigenvalue weighted by molar-refractivity contribution is -0.125. The van der Waals surface area contributed by atoms with Crippen molar-refractivity contribution in [3.8, 4) is 5.75 Å². The van der Waals surface area contributed by atoms with E-state index in [0.717, 1.165) is 5.56 Å². The molecule has 2 aromatic carbocycles. The molecule has 0 aliphatic carbocycles. The van der Waals surface area contributed by atoms with E-state index in [2.05, 4.69) is 15.5 Å². The molecule has 10 heteroatoms. The number of alkyl halides is 4. The summed E-state index contributed by atoms with van der Waals surface area (Å²) in [5.41, 5.74) is 7.35. The molecule has 1 saturated heterocycles. The second-order valence-corrected chi connectivity index (χ2v) is 7.33. The third-order valence-electron chi connectivity index (χ3n) is 5.34. The lowest BCUT2D eigenvalue weighted by Gasteiger charge is -2.39. The number of nitrogens with two attached hydrogens (primary N) is 1. The molecule has 0 amide bonds. The van der Waals surface area contributed by atoms with Crippen molar-refractivity contribution in [3.05, 3.63) is 48.0 Å². The number of nitrogens with zero attached hydrogens (tertiary/aromatic N) is 3. The van der Waals surface area contributed by atoms with Crippen LogP contribution in [-0.4, -0.2) is 43.1 Å². The highest BCUT2D eigenvalue weighted by molar-refractivity contribution is 5.78. The molecule has 3 N–H and O–H groups in total. The highest BCUT2D eigenvalue weighted by Crippen LogP contribution is 2.40. The van der Waals surface area contributed by atoms with E-state index in [1.54, 1.807) is 12.1 Å². The van der Waals surface area contributed by atoms with Crippen LogP contribution >= 0.6 is 0 Å². The Hall–Kier alpha value is -2.88. The first kappa shape index (κ1) is 20.4. The van der Waals surface area contributed by atoms with E-state index in [4.69, 9.17) is 10.5 Å². The summed E-state index contributed by atoms with van der Waals surface area (Å²) in [7, 11) is 0. The molecule has 0 spiro atoms. The molecule has 2 heterocycles. The van der Waals surface area contributed by atoms with E-state index in [-0.39, 0.29) is 23.5 Å². The molecule has 160 valence electrons. The van der Waals surface area contributed by atoms with Crippen LogP contribution in [0, 0.1) is 0 Å². The second kappa shape index (κ2) is 8.10. The number of likely N-dealkylation sites (tertiary alicyclic amines) is 1. The Morgan fingerprint density at radius 1 is 1.13 bits per heavy atom. The lowest BCUT2D eigenvalue weighted by Crippen LogP contribution is -2.47. The largest absolute Gasteiger partial charge is 0.521 e. The van der Waals surface area contributed by atoms with Gasteiger partial charge in [-0.15, -0.1) is 18.3 Å². The minimum Gasteiger partial charge on any atom is -0.491 e. The summed E-state index contributed by atoms with van der Waals surface area (Å²) in [4.78, 5) is 2.03. The van der Waals surface area contributed by atoms with Gasteiger partial charge in [-0.2, -0.15) is 0 Å². The molecule has 6 nitrogen and oxygen atoms in total. The number of anilines is 2. The number of nitrogen functional groups attached to an aromatic ring is 1. The first-order valence-corrected chi connectivity index (χ1v) is 9.56. The molecule has 3 atom stereocenters. The maximum atomic E-state index is 13.8. The number of fused-ring (bicyclic) bond motifs is 1. The predicted molar refractivity (Wildman–Crippen MR) is 105 cm³/mol. The monoisotopic (exact) mass is 423 g/mol. The summed E-state index contributed by atoms with van der Waals surface area (Å²) < 4.78 is 56.9. The highest BCUT2D eigenvalue weighted by atomic mass is 19.4. The molecule has 0 radical (unpaired) electrons. The summed E-state index contributed by atoms with van der Waals surface area (Å²) in [5, 5.41) is 8.91. The summed E-state index contributed by atoms with van der Waals surface area (Å²) in [5.74, 6) is 0.703. The second-order valence-electron chi connectivity index (χ2n) is 7.33. The van der Waals surface area contributed by atoms with Crippen molar-refractivity contribution < 1.29 is 22.3 Å². The fourth-order valence-electron chi connectivity index (χ4n) is 3.93. The number of nitrogens with one attached hydrogen (secondary N) is 1. The van der Waals surface area contributed by atoms with Gasteiger partial charge in [0.1, 0.15) is 24.2 Å². The number of benzene rings is 2. The van der Waals surface area contributed by atoms with Crippen LogP contribution in [0.4, 0.5) is 34.6 Å². The molecular formula is C20H21F4N5O. The number of hydrogen-bond acceptors (Lipinski definition) is 6. The standard InChI is InChI=1S/C20H21F4N5O/c21-12-8-9-29(10-12)16-11-30-17-7-2-1-4-13(17)19(16)26-14-5-3-6-15(18(14)25)27-28-20(22,23)24/h1-7,12,16,19,26H,8-11,25H2/t12-,16-,19-/m0/s1. The number of halogens is 4. The predicted octanol–water partition coefficient (Wildman–Crippen LogP) is 4.83. The van der Waals surface area contributed by atoms with E-state index >= 15 is 0 Å². The van der Waals surface area contributed by atoms with Crippen molar-refractivity contribution in [1.82, 2.24) is 4.90 Å². The van der Waals surface area contributed by atoms with Gasteiger partial charge in [0, 0.05) is 18.7 Å². The Morgan fingerprint density at radius 2 is 1.93 bits per heavy atom. The number of para-hydroxylation sites is 2. The minimum absolute atomic E-state index is 0.0537. The maximum Gasteiger partial charge on any atom is 0.521 e. The molecule has 0 bridgehead atoms. The number of azo groups is 1. The zero-order valence-electron chi connectivity index (χ0n) is 15.9. The smallest absolute Gasteiger partial charge is 0.491 e. The molecule has 0 unspecified atom stereocenters. The summed E-state index contributed by atoms with van der Waals surface area (Å²) in [6.45, 7) is 1.27. The maximum absolute atomic E-state index is 13.8. The Kier molecular flexibility index (Phi) is 5.50. The van der Waals surface area contributed by atoms with Crippen LogP contribution in [-0.2, 0) is 0 Å². The molecular weight excluding hydrogens is 402 g/mol. The van der Waals surface area contributed by atoms with Crippen LogP contribution in [0.3, 0.4) is 0 Å². The number of hydrogen-bond donors (Lipinski definition) is 2. The van der Waals surface area contributed by atoms with Crippen LogP contribution in [0.25, 0.3) is 0 Å². The third-order valence-corrected chi connectivity index (χ3v) is 5.34. The SMILES string of the molecule is Nc1c(N=NC(F)(F)F)cccc1N[C@H]1c2ccccc2OC[C@@H]1N1CC[C@H](F)C1. The van der Waals surface area contributed by atoms with Gasteiger partial charge in [0.2, 0.25) is 0 Å². The zero-order chi connectivity index (χ0) is 21.3. The van der Waals surface area contributed by atoms with Crippen LogP contribution in [0.2, 0.25) is 0 Å². The van der Waals surface area contributed by atoms with E-state index < -0.39 is 12.5 Å². The summed E-state index contributed by atoms with van der Waals surface area (Å²) in [6, 6.07) is 11.6. The van der Waals surface area contributed by atoms with E-state index in [9.17, 15) is 17.6 Å². The van der Waals surface area contributed by atoms with Crippen molar-refractivity contribution in [3.63, 3.8) is 0 Å². The zero-order valence-corrected chi connectivity index (χ0v) is 15.9. The summed E-state index contributed by atoms with van der Waals surface area (Å²) >= 11 is 0. The molecule has 1 fully saturated rings. The molecule has 2 aromatic rings. The Labute approximate surface area is 170 Å². The Balaban J connectivity index is 1.66. The van der Waals surface area contributed by atoms with Gasteiger partial charge >= 0.3 is 6.30 Å². The molecule has 2 aliphatic rings. The average Bonchev–Trinajstić information content (AvgIpc) is 3.14. The highest BCUT2D eigenvalue weighted by Gasteiger charge is 2.38. The van der Waals surface area contributed by atoms with Gasteiger partial charge in [-0.1, -0.05) is 29.4 Å². The molecule has 4 rings (SSSR count). The van der Waals surface area contributed by atoms with Gasteiger partial charge < -0.3 is 15.8 Å². The quantitative estimate of drug-likeness (QED) is 0.320. The Bertz CT molecular complexity index is 936. The first-order valence-electron chi connectivity index (χ1n) is 9.56. The van der Waals surface area contributed by atoms with E-state index in [0.29, 0.717) is 37.6 Å². The molecule has 2 aliphatic heterocycles. The van der Waals surface area contributed by atoms with Crippen molar-refractivity contribution in [2.75, 3.05) is 30.7 Å². The first-order chi connectivity index (χ1) is 14.3. The molecule has 0 saturated carbocycles. The third kappa shape index (κ3) is 4.33. The van der Waals surface area contributed by atoms with Gasteiger partial charge in [0.25, 0.3) is 0 Å². The van der Waals surface area contributed by atoms with Crippen molar-refractivity contribution in [1.29, 1.82) is 0 Å². The van der Waals surface area contributed by atoms with Crippen LogP contribution in [0.1, 0.15) is 18.0 Å². The van der Waals surface area contributed by atoms with Gasteiger partial charge in [0.05, 0.1) is 23.5 Å². The molecule has 0 aromatic heterocycles. The van der Waals surface area contributed by atoms with E-state index in [1.165, 1.54) is 6.07 Å². The Morgan fingerprint density at radius 3 is 2.67 bits per heavy atom. The van der Waals surface area contributed by atoms with Gasteiger partial charge in [-0.25, -0.2) is 4.39 Å².